The van der Waals surface area contributed by atoms with Crippen LogP contribution >= 0.6 is 0 Å². The van der Waals surface area contributed by atoms with E-state index in [1.807, 2.05) is 4.90 Å². The van der Waals surface area contributed by atoms with E-state index in [1.165, 1.54) is 19.3 Å². The lowest BCUT2D eigenvalue weighted by atomic mass is 10.1. The number of hydrogen-bond donors (Lipinski definition) is 0. The summed E-state index contributed by atoms with van der Waals surface area (Å²) in [6.07, 6.45) is 8.03. The van der Waals surface area contributed by atoms with Crippen LogP contribution in [0.15, 0.2) is 0 Å². The van der Waals surface area contributed by atoms with E-state index in [0.29, 0.717) is 17.9 Å². The molecule has 6 heteroatoms. The van der Waals surface area contributed by atoms with Gasteiger partial charge in [0.15, 0.2) is 0 Å². The van der Waals surface area contributed by atoms with Crippen LogP contribution in [0.5, 0.6) is 0 Å². The average molecular weight is 303 g/mol. The molecule has 0 spiro atoms. The summed E-state index contributed by atoms with van der Waals surface area (Å²) < 4.78 is 2.07. The molecule has 22 heavy (non-hydrogen) atoms. The molecular formula is C16H25N5O. The number of amides is 1. The minimum atomic E-state index is 0.0848. The first-order valence-corrected chi connectivity index (χ1v) is 8.67. The van der Waals surface area contributed by atoms with Gasteiger partial charge in [-0.3, -0.25) is 9.69 Å². The second kappa shape index (κ2) is 5.65. The maximum absolute atomic E-state index is 13.0. The zero-order chi connectivity index (χ0) is 15.1. The quantitative estimate of drug-likeness (QED) is 0.785. The number of rotatable bonds is 1. The Kier molecular flexibility index (Phi) is 3.64. The molecule has 1 aromatic heterocycles. The summed E-state index contributed by atoms with van der Waals surface area (Å²) in [6, 6.07) is 1.17. The van der Waals surface area contributed by atoms with Gasteiger partial charge in [0.05, 0.1) is 0 Å². The molecule has 2 fully saturated rings. The minimum absolute atomic E-state index is 0.0848. The van der Waals surface area contributed by atoms with Crippen molar-refractivity contribution in [3.05, 3.63) is 11.6 Å². The Bertz CT molecular complexity index is 569. The molecule has 0 radical (unpaired) electrons. The summed E-state index contributed by atoms with van der Waals surface area (Å²) >= 11 is 0. The Morgan fingerprint density at radius 1 is 1.05 bits per heavy atom. The topological polar surface area (TPSA) is 54.3 Å². The zero-order valence-electron chi connectivity index (χ0n) is 13.4. The molecule has 0 aromatic carbocycles. The molecule has 1 amide bonds. The van der Waals surface area contributed by atoms with E-state index < -0.39 is 0 Å². The van der Waals surface area contributed by atoms with E-state index in [-0.39, 0.29) is 5.91 Å². The first kappa shape index (κ1) is 14.2. The highest BCUT2D eigenvalue weighted by atomic mass is 16.2. The lowest BCUT2D eigenvalue weighted by Gasteiger charge is -2.25. The van der Waals surface area contributed by atoms with Gasteiger partial charge in [0.1, 0.15) is 5.82 Å². The molecule has 4 heterocycles. The van der Waals surface area contributed by atoms with Crippen molar-refractivity contribution >= 4 is 5.91 Å². The number of carbonyl (C=O) groups is 1. The Hall–Kier alpha value is -1.43. The summed E-state index contributed by atoms with van der Waals surface area (Å²) in [6.45, 7) is 2.59. The Labute approximate surface area is 131 Å². The van der Waals surface area contributed by atoms with E-state index in [9.17, 15) is 4.79 Å². The van der Waals surface area contributed by atoms with E-state index >= 15 is 0 Å². The molecule has 2 saturated heterocycles. The average Bonchev–Trinajstić information content (AvgIpc) is 2.90. The van der Waals surface area contributed by atoms with Gasteiger partial charge in [-0.05, 0) is 39.2 Å². The van der Waals surface area contributed by atoms with Gasteiger partial charge in [-0.1, -0.05) is 6.42 Å². The van der Waals surface area contributed by atoms with Crippen LogP contribution in [-0.2, 0) is 13.0 Å². The monoisotopic (exact) mass is 303 g/mol. The SMILES string of the molecule is CN1[C@@H]2CC[C@H]1CN(C(=O)c1nnc3n1CCCCC3)CC2. The summed E-state index contributed by atoms with van der Waals surface area (Å²) in [5.41, 5.74) is 0. The molecule has 2 atom stereocenters. The lowest BCUT2D eigenvalue weighted by molar-refractivity contribution is 0.0722. The van der Waals surface area contributed by atoms with Gasteiger partial charge >= 0.3 is 0 Å². The molecular weight excluding hydrogens is 278 g/mol. The van der Waals surface area contributed by atoms with Gasteiger partial charge in [-0.25, -0.2) is 0 Å². The molecule has 0 unspecified atom stereocenters. The molecule has 3 aliphatic heterocycles. The second-order valence-electron chi connectivity index (χ2n) is 6.99. The van der Waals surface area contributed by atoms with Crippen molar-refractivity contribution in [1.82, 2.24) is 24.6 Å². The van der Waals surface area contributed by atoms with Crippen molar-refractivity contribution < 1.29 is 4.79 Å². The largest absolute Gasteiger partial charge is 0.334 e. The number of fused-ring (bicyclic) bond motifs is 3. The molecule has 6 nitrogen and oxygen atoms in total. The molecule has 1 aromatic rings. The van der Waals surface area contributed by atoms with E-state index in [4.69, 9.17) is 0 Å². The van der Waals surface area contributed by atoms with Crippen LogP contribution in [0, 0.1) is 0 Å². The third kappa shape index (κ3) is 2.33. The van der Waals surface area contributed by atoms with E-state index in [1.54, 1.807) is 0 Å². The smallest absolute Gasteiger partial charge is 0.291 e. The third-order valence-corrected chi connectivity index (χ3v) is 5.74. The lowest BCUT2D eigenvalue weighted by Crippen LogP contribution is -2.40. The van der Waals surface area contributed by atoms with Gasteiger partial charge in [-0.15, -0.1) is 10.2 Å². The van der Waals surface area contributed by atoms with Crippen molar-refractivity contribution in [2.45, 2.75) is 63.6 Å². The van der Waals surface area contributed by atoms with Crippen molar-refractivity contribution in [3.8, 4) is 0 Å². The third-order valence-electron chi connectivity index (χ3n) is 5.74. The molecule has 2 bridgehead atoms. The van der Waals surface area contributed by atoms with Crippen LogP contribution in [0.1, 0.15) is 55.0 Å². The van der Waals surface area contributed by atoms with Crippen LogP contribution in [0.2, 0.25) is 0 Å². The van der Waals surface area contributed by atoms with Crippen LogP contribution < -0.4 is 0 Å². The number of hydrogen-bond acceptors (Lipinski definition) is 4. The van der Waals surface area contributed by atoms with E-state index in [2.05, 4.69) is 26.7 Å². The number of likely N-dealkylation sites (N-methyl/N-ethyl adjacent to an activating group) is 1. The highest BCUT2D eigenvalue weighted by Crippen LogP contribution is 2.29. The fraction of sp³-hybridized carbons (Fsp3) is 0.812. The second-order valence-corrected chi connectivity index (χ2v) is 6.99. The molecule has 3 aliphatic rings. The normalized spacial score (nSPS) is 29.0. The predicted molar refractivity (Wildman–Crippen MR) is 82.7 cm³/mol. The number of aromatic nitrogens is 3. The van der Waals surface area contributed by atoms with E-state index in [0.717, 1.165) is 51.1 Å². The highest BCUT2D eigenvalue weighted by molar-refractivity contribution is 5.90. The van der Waals surface area contributed by atoms with Gasteiger partial charge < -0.3 is 9.47 Å². The Balaban J connectivity index is 1.56. The van der Waals surface area contributed by atoms with Gasteiger partial charge in [0.2, 0.25) is 5.82 Å². The summed E-state index contributed by atoms with van der Waals surface area (Å²) in [5.74, 6) is 1.65. The molecule has 4 rings (SSSR count). The van der Waals surface area contributed by atoms with Gasteiger partial charge in [0, 0.05) is 38.1 Å². The molecule has 120 valence electrons. The number of nitrogens with zero attached hydrogens (tertiary/aromatic N) is 5. The van der Waals surface area contributed by atoms with Crippen LogP contribution in [-0.4, -0.2) is 62.7 Å². The first-order chi connectivity index (χ1) is 10.7. The van der Waals surface area contributed by atoms with Crippen molar-refractivity contribution in [3.63, 3.8) is 0 Å². The number of likely N-dealkylation sites (tertiary alicyclic amines) is 1. The van der Waals surface area contributed by atoms with Gasteiger partial charge in [-0.2, -0.15) is 0 Å². The predicted octanol–water partition coefficient (Wildman–Crippen LogP) is 1.31. The summed E-state index contributed by atoms with van der Waals surface area (Å²) in [5, 5.41) is 8.51. The van der Waals surface area contributed by atoms with Crippen LogP contribution in [0.4, 0.5) is 0 Å². The molecule has 0 aliphatic carbocycles. The summed E-state index contributed by atoms with van der Waals surface area (Å²) in [7, 11) is 2.21. The van der Waals surface area contributed by atoms with Crippen LogP contribution in [0.25, 0.3) is 0 Å². The van der Waals surface area contributed by atoms with Crippen LogP contribution in [0.3, 0.4) is 0 Å². The fourth-order valence-electron chi connectivity index (χ4n) is 4.28. The molecule has 0 N–H and O–H groups in total. The standard InChI is InChI=1S/C16H25N5O/c1-19-12-6-7-13(19)11-20(10-8-12)16(22)15-18-17-14-5-3-2-4-9-21(14)15/h12-13H,2-11H2,1H3/t12-,13+/m1/s1. The minimum Gasteiger partial charge on any atom is -0.334 e. The number of aryl methyl sites for hydroxylation is 1. The Morgan fingerprint density at radius 3 is 2.82 bits per heavy atom. The highest BCUT2D eigenvalue weighted by Gasteiger charge is 2.37. The maximum Gasteiger partial charge on any atom is 0.291 e. The van der Waals surface area contributed by atoms with Crippen molar-refractivity contribution in [2.75, 3.05) is 20.1 Å². The maximum atomic E-state index is 13.0. The van der Waals surface area contributed by atoms with Crippen molar-refractivity contribution in [2.24, 2.45) is 0 Å². The number of carbonyl (C=O) groups excluding carboxylic acids is 1. The summed E-state index contributed by atoms with van der Waals surface area (Å²) in [4.78, 5) is 17.5. The first-order valence-electron chi connectivity index (χ1n) is 8.67. The molecule has 0 saturated carbocycles. The Morgan fingerprint density at radius 2 is 1.91 bits per heavy atom. The zero-order valence-corrected chi connectivity index (χ0v) is 13.4. The van der Waals surface area contributed by atoms with Crippen molar-refractivity contribution in [1.29, 1.82) is 0 Å². The fourth-order valence-corrected chi connectivity index (χ4v) is 4.28. The van der Waals surface area contributed by atoms with Gasteiger partial charge in [0.25, 0.3) is 5.91 Å².